The van der Waals surface area contributed by atoms with Crippen molar-refractivity contribution in [2.45, 2.75) is 53.0 Å². The fraction of sp³-hybridized carbons (Fsp3) is 0.818. The molecule has 0 radical (unpaired) electrons. The summed E-state index contributed by atoms with van der Waals surface area (Å²) < 4.78 is 2.31. The van der Waals surface area contributed by atoms with Crippen LogP contribution in [0.1, 0.15) is 45.3 Å². The Labute approximate surface area is 85.5 Å². The van der Waals surface area contributed by atoms with Gasteiger partial charge < -0.3 is 4.57 Å². The van der Waals surface area contributed by atoms with Gasteiger partial charge in [0.15, 0.2) is 0 Å². The molecule has 0 saturated carbocycles. The molecule has 3 nitrogen and oxygen atoms in total. The summed E-state index contributed by atoms with van der Waals surface area (Å²) >= 11 is 0. The van der Waals surface area contributed by atoms with Crippen molar-refractivity contribution in [2.24, 2.45) is 5.41 Å². The first-order valence-electron chi connectivity index (χ1n) is 5.53. The van der Waals surface area contributed by atoms with Crippen LogP contribution in [0.15, 0.2) is 0 Å². The van der Waals surface area contributed by atoms with E-state index in [0.29, 0.717) is 5.41 Å². The molecule has 2 rings (SSSR count). The van der Waals surface area contributed by atoms with E-state index < -0.39 is 0 Å². The van der Waals surface area contributed by atoms with Crippen LogP contribution in [-0.2, 0) is 19.4 Å². The Bertz CT molecular complexity index is 325. The molecule has 0 spiro atoms. The number of nitrogens with zero attached hydrogens (tertiary/aromatic N) is 3. The smallest absolute Gasteiger partial charge is 0.133 e. The van der Waals surface area contributed by atoms with Gasteiger partial charge in [-0.2, -0.15) is 0 Å². The first-order chi connectivity index (χ1) is 6.62. The third-order valence-corrected chi connectivity index (χ3v) is 3.26. The normalized spacial score (nSPS) is 20.2. The van der Waals surface area contributed by atoms with Gasteiger partial charge in [-0.25, -0.2) is 0 Å². The zero-order valence-corrected chi connectivity index (χ0v) is 9.38. The number of aryl methyl sites for hydroxylation is 2. The molecule has 0 N–H and O–H groups in total. The van der Waals surface area contributed by atoms with Crippen LogP contribution >= 0.6 is 0 Å². The van der Waals surface area contributed by atoms with Crippen molar-refractivity contribution in [3.05, 3.63) is 11.6 Å². The Morgan fingerprint density at radius 2 is 2.07 bits per heavy atom. The van der Waals surface area contributed by atoms with Gasteiger partial charge in [-0.1, -0.05) is 20.8 Å². The van der Waals surface area contributed by atoms with Crippen molar-refractivity contribution in [1.29, 1.82) is 0 Å². The largest absolute Gasteiger partial charge is 0.315 e. The van der Waals surface area contributed by atoms with Crippen LogP contribution in [0, 0.1) is 5.41 Å². The fourth-order valence-electron chi connectivity index (χ4n) is 2.07. The van der Waals surface area contributed by atoms with Crippen LogP contribution in [0.4, 0.5) is 0 Å². The molecule has 1 aromatic rings. The topological polar surface area (TPSA) is 30.7 Å². The second-order valence-corrected chi connectivity index (χ2v) is 4.95. The number of rotatable bonds is 1. The minimum Gasteiger partial charge on any atom is -0.315 e. The molecule has 0 amide bonds. The molecule has 3 heteroatoms. The van der Waals surface area contributed by atoms with E-state index in [1.54, 1.807) is 0 Å². The van der Waals surface area contributed by atoms with E-state index >= 15 is 0 Å². The molecule has 0 aromatic carbocycles. The first-order valence-corrected chi connectivity index (χ1v) is 5.53. The van der Waals surface area contributed by atoms with E-state index in [1.807, 2.05) is 0 Å². The highest BCUT2D eigenvalue weighted by molar-refractivity contribution is 4.99. The molecular formula is C11H19N3. The maximum Gasteiger partial charge on any atom is 0.133 e. The Morgan fingerprint density at radius 1 is 1.29 bits per heavy atom. The summed E-state index contributed by atoms with van der Waals surface area (Å²) in [5.41, 5.74) is 0.464. The van der Waals surface area contributed by atoms with Crippen molar-refractivity contribution >= 4 is 0 Å². The van der Waals surface area contributed by atoms with Crippen molar-refractivity contribution in [3.8, 4) is 0 Å². The summed E-state index contributed by atoms with van der Waals surface area (Å²) in [6, 6.07) is 0. The highest BCUT2D eigenvalue weighted by atomic mass is 15.3. The highest BCUT2D eigenvalue weighted by Gasteiger charge is 2.24. The van der Waals surface area contributed by atoms with Gasteiger partial charge in [0.25, 0.3) is 0 Å². The molecule has 0 fully saturated rings. The number of fused-ring (bicyclic) bond motifs is 1. The summed E-state index contributed by atoms with van der Waals surface area (Å²) in [7, 11) is 0. The molecule has 1 aromatic heterocycles. The minimum atomic E-state index is 0.464. The summed E-state index contributed by atoms with van der Waals surface area (Å²) in [6.07, 6.45) is 4.55. The van der Waals surface area contributed by atoms with Crippen molar-refractivity contribution in [3.63, 3.8) is 0 Å². The van der Waals surface area contributed by atoms with Crippen LogP contribution in [0.2, 0.25) is 0 Å². The predicted molar refractivity (Wildman–Crippen MR) is 56.1 cm³/mol. The van der Waals surface area contributed by atoms with Gasteiger partial charge in [0.1, 0.15) is 11.6 Å². The van der Waals surface area contributed by atoms with Gasteiger partial charge >= 0.3 is 0 Å². The van der Waals surface area contributed by atoms with Crippen LogP contribution in [-0.4, -0.2) is 14.8 Å². The second-order valence-electron chi connectivity index (χ2n) is 4.95. The van der Waals surface area contributed by atoms with Crippen LogP contribution < -0.4 is 0 Å². The molecule has 2 heterocycles. The summed E-state index contributed by atoms with van der Waals surface area (Å²) in [5, 5.41) is 8.48. The van der Waals surface area contributed by atoms with Gasteiger partial charge in [0.2, 0.25) is 0 Å². The lowest BCUT2D eigenvalue weighted by Gasteiger charge is -2.21. The number of hydrogen-bond acceptors (Lipinski definition) is 2. The van der Waals surface area contributed by atoms with Crippen molar-refractivity contribution < 1.29 is 0 Å². The van der Waals surface area contributed by atoms with Crippen LogP contribution in [0.25, 0.3) is 0 Å². The van der Waals surface area contributed by atoms with E-state index in [0.717, 1.165) is 25.2 Å². The Hall–Kier alpha value is -0.860. The van der Waals surface area contributed by atoms with Gasteiger partial charge in [0.05, 0.1) is 0 Å². The lowest BCUT2D eigenvalue weighted by Crippen LogP contribution is -2.12. The van der Waals surface area contributed by atoms with E-state index in [4.69, 9.17) is 0 Å². The summed E-state index contributed by atoms with van der Waals surface area (Å²) in [5.74, 6) is 2.34. The molecule has 78 valence electrons. The standard InChI is InChI=1S/C11H19N3/c1-4-9-12-13-10-5-6-11(2,3)7-8-14(9)10/h4-8H2,1-3H3. The van der Waals surface area contributed by atoms with Gasteiger partial charge in [-0.15, -0.1) is 10.2 Å². The maximum atomic E-state index is 4.27. The molecule has 0 unspecified atom stereocenters. The number of aromatic nitrogens is 3. The summed E-state index contributed by atoms with van der Waals surface area (Å²) in [6.45, 7) is 7.93. The molecule has 1 aliphatic rings. The first kappa shape index (κ1) is 9.69. The third-order valence-electron chi connectivity index (χ3n) is 3.26. The average Bonchev–Trinajstić information content (AvgIpc) is 2.47. The van der Waals surface area contributed by atoms with Crippen LogP contribution in [0.3, 0.4) is 0 Å². The average molecular weight is 193 g/mol. The number of hydrogen-bond donors (Lipinski definition) is 0. The molecule has 1 aliphatic heterocycles. The second kappa shape index (κ2) is 3.37. The third kappa shape index (κ3) is 1.68. The monoisotopic (exact) mass is 193 g/mol. The summed E-state index contributed by atoms with van der Waals surface area (Å²) in [4.78, 5) is 0. The zero-order valence-electron chi connectivity index (χ0n) is 9.38. The Kier molecular flexibility index (Phi) is 2.33. The highest BCUT2D eigenvalue weighted by Crippen LogP contribution is 2.30. The van der Waals surface area contributed by atoms with E-state index in [1.165, 1.54) is 18.7 Å². The van der Waals surface area contributed by atoms with Gasteiger partial charge in [-0.05, 0) is 18.3 Å². The maximum absolute atomic E-state index is 4.27. The predicted octanol–water partition coefficient (Wildman–Crippen LogP) is 2.20. The van der Waals surface area contributed by atoms with E-state index in [-0.39, 0.29) is 0 Å². The lowest BCUT2D eigenvalue weighted by molar-refractivity contribution is 0.305. The van der Waals surface area contributed by atoms with Crippen LogP contribution in [0.5, 0.6) is 0 Å². The van der Waals surface area contributed by atoms with Crippen molar-refractivity contribution in [1.82, 2.24) is 14.8 Å². The lowest BCUT2D eigenvalue weighted by atomic mass is 9.85. The SMILES string of the molecule is CCc1nnc2n1CCC(C)(C)CC2. The molecule has 0 bridgehead atoms. The fourth-order valence-corrected chi connectivity index (χ4v) is 2.07. The molecule has 0 saturated heterocycles. The molecule has 0 atom stereocenters. The zero-order chi connectivity index (χ0) is 10.2. The quantitative estimate of drug-likeness (QED) is 0.684. The van der Waals surface area contributed by atoms with Gasteiger partial charge in [0, 0.05) is 19.4 Å². The molecule has 0 aliphatic carbocycles. The van der Waals surface area contributed by atoms with Gasteiger partial charge in [-0.3, -0.25) is 0 Å². The minimum absolute atomic E-state index is 0.464. The molecular weight excluding hydrogens is 174 g/mol. The van der Waals surface area contributed by atoms with E-state index in [2.05, 4.69) is 35.5 Å². The van der Waals surface area contributed by atoms with E-state index in [9.17, 15) is 0 Å². The molecule has 14 heavy (non-hydrogen) atoms. The van der Waals surface area contributed by atoms with Crippen molar-refractivity contribution in [2.75, 3.05) is 0 Å². The Balaban J connectivity index is 2.26. The Morgan fingerprint density at radius 3 is 2.79 bits per heavy atom.